The maximum absolute atomic E-state index is 13.0. The molecule has 13 heteroatoms. The van der Waals surface area contributed by atoms with Crippen LogP contribution in [0.4, 0.5) is 5.82 Å². The van der Waals surface area contributed by atoms with Gasteiger partial charge in [0.15, 0.2) is 17.7 Å². The van der Waals surface area contributed by atoms with Crippen LogP contribution in [0.25, 0.3) is 11.2 Å². The molecule has 31 heavy (non-hydrogen) atoms. The number of aliphatic hydroxyl groups is 3. The van der Waals surface area contributed by atoms with Gasteiger partial charge in [-0.25, -0.2) is 15.0 Å². The van der Waals surface area contributed by atoms with Crippen molar-refractivity contribution in [2.75, 3.05) is 32.6 Å². The molecule has 13 nitrogen and oxygen atoms in total. The number of rotatable bonds is 5. The Bertz CT molecular complexity index is 968. The van der Waals surface area contributed by atoms with E-state index in [2.05, 4.69) is 25.3 Å². The van der Waals surface area contributed by atoms with Crippen LogP contribution in [0, 0.1) is 0 Å². The predicted molar refractivity (Wildman–Crippen MR) is 106 cm³/mol. The number of nitrogens with one attached hydrogen (secondary N) is 2. The van der Waals surface area contributed by atoms with Crippen molar-refractivity contribution in [3.63, 3.8) is 0 Å². The number of fused-ring (bicyclic) bond motifs is 1. The molecule has 0 unspecified atom stereocenters. The van der Waals surface area contributed by atoms with Gasteiger partial charge in [0.2, 0.25) is 5.91 Å². The number of anilines is 1. The normalized spacial score (nSPS) is 31.8. The highest BCUT2D eigenvalue weighted by Crippen LogP contribution is 2.28. The van der Waals surface area contributed by atoms with E-state index in [4.69, 9.17) is 4.74 Å². The van der Waals surface area contributed by atoms with E-state index >= 15 is 0 Å². The molecular weight excluding hydrogens is 410 g/mol. The third-order valence-corrected chi connectivity index (χ3v) is 5.85. The van der Waals surface area contributed by atoms with E-state index in [0.717, 1.165) is 0 Å². The van der Waals surface area contributed by atoms with Crippen molar-refractivity contribution in [2.24, 2.45) is 0 Å². The molecule has 2 aromatic heterocycles. The molecule has 0 spiro atoms. The fraction of sp³-hybridized carbons (Fsp3) is 0.611. The Labute approximate surface area is 177 Å². The number of Topliss-reactive ketones (excluding diaryl/α,β-unsaturated/α-hetero) is 1. The molecular formula is C18H25N7O6. The number of aromatic nitrogens is 4. The summed E-state index contributed by atoms with van der Waals surface area (Å²) < 4.78 is 5.80. The molecule has 168 valence electrons. The number of ether oxygens (including phenoxy) is 1. The summed E-state index contributed by atoms with van der Waals surface area (Å²) in [7, 11) is 3.13. The Morgan fingerprint density at radius 3 is 2.81 bits per heavy atom. The highest BCUT2D eigenvalue weighted by Gasteiger charge is 2.49. The number of imidazole rings is 1. The zero-order chi connectivity index (χ0) is 22.3. The van der Waals surface area contributed by atoms with Crippen molar-refractivity contribution in [2.45, 2.75) is 43.0 Å². The van der Waals surface area contributed by atoms with E-state index < -0.39 is 49.1 Å². The van der Waals surface area contributed by atoms with Crippen LogP contribution in [0.5, 0.6) is 0 Å². The molecule has 0 radical (unpaired) electrons. The Morgan fingerprint density at radius 1 is 1.35 bits per heavy atom. The average molecular weight is 435 g/mol. The number of likely N-dealkylation sites (tertiary alicyclic amines) is 1. The summed E-state index contributed by atoms with van der Waals surface area (Å²) in [5, 5.41) is 34.3. The highest BCUT2D eigenvalue weighted by molar-refractivity contribution is 5.93. The summed E-state index contributed by atoms with van der Waals surface area (Å²) >= 11 is 0. The van der Waals surface area contributed by atoms with Gasteiger partial charge in [0.25, 0.3) is 0 Å². The van der Waals surface area contributed by atoms with Gasteiger partial charge in [-0.2, -0.15) is 0 Å². The van der Waals surface area contributed by atoms with Crippen LogP contribution in [-0.4, -0.2) is 121 Å². The number of nitrogens with zero attached hydrogens (tertiary/aromatic N) is 5. The molecule has 1 amide bonds. The van der Waals surface area contributed by atoms with E-state index in [1.807, 2.05) is 0 Å². The first-order valence-electron chi connectivity index (χ1n) is 9.83. The van der Waals surface area contributed by atoms with Crippen molar-refractivity contribution >= 4 is 28.7 Å². The van der Waals surface area contributed by atoms with Gasteiger partial charge in [0, 0.05) is 13.5 Å². The maximum Gasteiger partial charge on any atom is 0.240 e. The predicted octanol–water partition coefficient (Wildman–Crippen LogP) is -2.70. The lowest BCUT2D eigenvalue weighted by atomic mass is 9.93. The number of H-pyrrole nitrogens is 1. The molecule has 2 aromatic rings. The van der Waals surface area contributed by atoms with Crippen molar-refractivity contribution in [3.8, 4) is 0 Å². The molecule has 4 rings (SSSR count). The summed E-state index contributed by atoms with van der Waals surface area (Å²) in [5.74, 6) is -0.148. The summed E-state index contributed by atoms with van der Waals surface area (Å²) in [6.45, 7) is -0.333. The number of aromatic amines is 1. The number of hydrogen-bond donors (Lipinski definition) is 5. The average Bonchev–Trinajstić information content (AvgIpc) is 3.36. The number of ketones is 1. The Morgan fingerprint density at radius 2 is 2.13 bits per heavy atom. The summed E-state index contributed by atoms with van der Waals surface area (Å²) in [5.41, 5.74) is 0.886. The first-order chi connectivity index (χ1) is 14.8. The second-order valence-electron chi connectivity index (χ2n) is 7.84. The van der Waals surface area contributed by atoms with Crippen LogP contribution in [-0.2, 0) is 14.3 Å². The molecule has 0 bridgehead atoms. The quantitative estimate of drug-likeness (QED) is 0.330. The highest BCUT2D eigenvalue weighted by atomic mass is 16.5. The van der Waals surface area contributed by atoms with E-state index in [1.54, 1.807) is 11.9 Å². The molecule has 0 aliphatic carbocycles. The third kappa shape index (κ3) is 3.85. The van der Waals surface area contributed by atoms with Gasteiger partial charge in [0.05, 0.1) is 31.6 Å². The van der Waals surface area contributed by atoms with Crippen LogP contribution >= 0.6 is 0 Å². The van der Waals surface area contributed by atoms with Crippen LogP contribution in [0.1, 0.15) is 6.42 Å². The molecule has 2 saturated heterocycles. The van der Waals surface area contributed by atoms with Crippen LogP contribution in [0.3, 0.4) is 0 Å². The SMILES string of the molecule is CN1CC(=O)C[C@H]1C(=O)N(C)[C@@H]1[C@@H](O)[C@H](O)[C@@H](Nc2ncnc3nc[nH]c23)O[C@H]1CO. The second kappa shape index (κ2) is 8.43. The lowest BCUT2D eigenvalue weighted by Gasteiger charge is -2.46. The standard InChI is InChI=1S/C18H25N7O6/c1-24-4-8(27)3-9(24)18(30)25(2)12-10(5-26)31-17(14(29)13(12)28)23-16-11-15(20-6-19-11)21-7-22-16/h6-7,9-10,12-14,17,26,28-29H,3-5H2,1-2H3,(H2,19,20,21,22,23)/t9-,10-,12-,13+,14-,17-/m0/s1. The van der Waals surface area contributed by atoms with Crippen molar-refractivity contribution in [1.29, 1.82) is 0 Å². The van der Waals surface area contributed by atoms with Gasteiger partial charge >= 0.3 is 0 Å². The number of aliphatic hydroxyl groups excluding tert-OH is 3. The molecule has 0 saturated carbocycles. The van der Waals surface area contributed by atoms with Crippen molar-refractivity contribution in [1.82, 2.24) is 29.7 Å². The Kier molecular flexibility index (Phi) is 5.85. The zero-order valence-corrected chi connectivity index (χ0v) is 17.0. The summed E-state index contributed by atoms with van der Waals surface area (Å²) in [6, 6.07) is -1.68. The molecule has 2 aliphatic heterocycles. The second-order valence-corrected chi connectivity index (χ2v) is 7.84. The minimum Gasteiger partial charge on any atom is -0.394 e. The molecule has 2 fully saturated rings. The Balaban J connectivity index is 1.52. The zero-order valence-electron chi connectivity index (χ0n) is 17.0. The lowest BCUT2D eigenvalue weighted by molar-refractivity contribution is -0.205. The summed E-state index contributed by atoms with van der Waals surface area (Å²) in [4.78, 5) is 42.6. The van der Waals surface area contributed by atoms with E-state index in [-0.39, 0.29) is 18.7 Å². The lowest BCUT2D eigenvalue weighted by Crippen LogP contribution is -2.67. The Hall–Kier alpha value is -2.71. The third-order valence-electron chi connectivity index (χ3n) is 5.85. The molecule has 6 atom stereocenters. The monoisotopic (exact) mass is 435 g/mol. The van der Waals surface area contributed by atoms with Crippen LogP contribution in [0.15, 0.2) is 12.7 Å². The van der Waals surface area contributed by atoms with Crippen molar-refractivity contribution in [3.05, 3.63) is 12.7 Å². The minimum atomic E-state index is -1.45. The number of hydrogen-bond acceptors (Lipinski definition) is 11. The molecule has 5 N–H and O–H groups in total. The van der Waals surface area contributed by atoms with E-state index in [9.17, 15) is 24.9 Å². The molecule has 4 heterocycles. The maximum atomic E-state index is 13.0. The summed E-state index contributed by atoms with van der Waals surface area (Å²) in [6.07, 6.45) is -2.19. The smallest absolute Gasteiger partial charge is 0.240 e. The fourth-order valence-corrected chi connectivity index (χ4v) is 4.19. The van der Waals surface area contributed by atoms with E-state index in [1.165, 1.54) is 24.6 Å². The number of carbonyl (C=O) groups is 2. The first kappa shape index (κ1) is 21.5. The van der Waals surface area contributed by atoms with E-state index in [0.29, 0.717) is 17.0 Å². The largest absolute Gasteiger partial charge is 0.394 e. The van der Waals surface area contributed by atoms with Gasteiger partial charge in [-0.05, 0) is 7.05 Å². The van der Waals surface area contributed by atoms with Gasteiger partial charge in [0.1, 0.15) is 35.9 Å². The molecule has 0 aromatic carbocycles. The number of amides is 1. The fourth-order valence-electron chi connectivity index (χ4n) is 4.19. The topological polar surface area (TPSA) is 177 Å². The number of carbonyl (C=O) groups excluding carboxylic acids is 2. The van der Waals surface area contributed by atoms with Gasteiger partial charge in [-0.15, -0.1) is 0 Å². The van der Waals surface area contributed by atoms with Gasteiger partial charge in [-0.1, -0.05) is 0 Å². The minimum absolute atomic E-state index is 0.0485. The number of likely N-dealkylation sites (N-methyl/N-ethyl adjacent to an activating group) is 2. The molecule has 2 aliphatic rings. The first-order valence-corrected chi connectivity index (χ1v) is 9.83. The van der Waals surface area contributed by atoms with Gasteiger partial charge in [-0.3, -0.25) is 14.5 Å². The van der Waals surface area contributed by atoms with Crippen molar-refractivity contribution < 1.29 is 29.6 Å². The van der Waals surface area contributed by atoms with Crippen LogP contribution in [0.2, 0.25) is 0 Å². The van der Waals surface area contributed by atoms with Crippen LogP contribution < -0.4 is 5.32 Å². The van der Waals surface area contributed by atoms with Gasteiger partial charge < -0.3 is 35.3 Å².